The summed E-state index contributed by atoms with van der Waals surface area (Å²) in [6.45, 7) is 5.66. The zero-order valence-electron chi connectivity index (χ0n) is 11.2. The Kier molecular flexibility index (Phi) is 3.54. The molecule has 2 rings (SSSR count). The first-order valence-corrected chi connectivity index (χ1v) is 6.47. The summed E-state index contributed by atoms with van der Waals surface area (Å²) in [5, 5.41) is 15.4. The van der Waals surface area contributed by atoms with E-state index < -0.39 is 0 Å². The average Bonchev–Trinajstić information content (AvgIpc) is 2.64. The molecule has 1 aliphatic rings. The maximum Gasteiger partial charge on any atom is 0.333 e. The van der Waals surface area contributed by atoms with E-state index in [-0.39, 0.29) is 10.6 Å². The van der Waals surface area contributed by atoms with Crippen molar-refractivity contribution >= 4 is 11.5 Å². The SMILES string of the molecule is CCC1CCCN(c2c([N+](=O)[O-])c(C)nn2C)C1. The first-order valence-electron chi connectivity index (χ1n) is 6.47. The van der Waals surface area contributed by atoms with Crippen molar-refractivity contribution in [2.75, 3.05) is 18.0 Å². The summed E-state index contributed by atoms with van der Waals surface area (Å²) < 4.78 is 1.64. The van der Waals surface area contributed by atoms with Gasteiger partial charge in [-0.05, 0) is 25.7 Å². The first kappa shape index (κ1) is 12.9. The van der Waals surface area contributed by atoms with Gasteiger partial charge in [0.2, 0.25) is 5.82 Å². The van der Waals surface area contributed by atoms with Crippen LogP contribution in [0.5, 0.6) is 0 Å². The largest absolute Gasteiger partial charge is 0.351 e. The van der Waals surface area contributed by atoms with E-state index in [9.17, 15) is 10.1 Å². The summed E-state index contributed by atoms with van der Waals surface area (Å²) in [7, 11) is 1.78. The number of piperidine rings is 1. The Morgan fingerprint density at radius 2 is 2.28 bits per heavy atom. The molecule has 2 heterocycles. The van der Waals surface area contributed by atoms with Gasteiger partial charge >= 0.3 is 5.69 Å². The van der Waals surface area contributed by atoms with Gasteiger partial charge in [0.1, 0.15) is 5.69 Å². The normalized spacial score (nSPS) is 20.2. The summed E-state index contributed by atoms with van der Waals surface area (Å²) in [5.74, 6) is 1.30. The molecule has 1 saturated heterocycles. The smallest absolute Gasteiger partial charge is 0.333 e. The second-order valence-corrected chi connectivity index (χ2v) is 5.00. The highest BCUT2D eigenvalue weighted by Gasteiger charge is 2.30. The van der Waals surface area contributed by atoms with Crippen LogP contribution >= 0.6 is 0 Å². The second-order valence-electron chi connectivity index (χ2n) is 5.00. The molecule has 1 aromatic heterocycles. The lowest BCUT2D eigenvalue weighted by atomic mass is 9.95. The molecule has 0 saturated carbocycles. The van der Waals surface area contributed by atoms with E-state index in [0.717, 1.165) is 25.9 Å². The standard InChI is InChI=1S/C12H20N4O2/c1-4-10-6-5-7-15(8-10)12-11(16(17)18)9(2)13-14(12)3/h10H,4-8H2,1-3H3. The molecule has 0 radical (unpaired) electrons. The van der Waals surface area contributed by atoms with Crippen molar-refractivity contribution in [1.82, 2.24) is 9.78 Å². The summed E-state index contributed by atoms with van der Waals surface area (Å²) in [4.78, 5) is 13.0. The van der Waals surface area contributed by atoms with Crippen LogP contribution in [0.1, 0.15) is 31.9 Å². The van der Waals surface area contributed by atoms with Gasteiger partial charge < -0.3 is 4.90 Å². The van der Waals surface area contributed by atoms with Gasteiger partial charge in [-0.25, -0.2) is 4.68 Å². The zero-order chi connectivity index (χ0) is 13.3. The van der Waals surface area contributed by atoms with Gasteiger partial charge in [-0.2, -0.15) is 5.10 Å². The minimum Gasteiger partial charge on any atom is -0.351 e. The van der Waals surface area contributed by atoms with E-state index in [1.165, 1.54) is 6.42 Å². The molecule has 1 atom stereocenters. The second kappa shape index (κ2) is 4.96. The molecule has 100 valence electrons. The third-order valence-electron chi connectivity index (χ3n) is 3.74. The summed E-state index contributed by atoms with van der Waals surface area (Å²) in [6.07, 6.45) is 3.44. The molecular formula is C12H20N4O2. The van der Waals surface area contributed by atoms with Gasteiger partial charge in [0.15, 0.2) is 0 Å². The van der Waals surface area contributed by atoms with Crippen LogP contribution in [0.25, 0.3) is 0 Å². The number of aromatic nitrogens is 2. The van der Waals surface area contributed by atoms with E-state index in [4.69, 9.17) is 0 Å². The molecule has 6 heteroatoms. The predicted molar refractivity (Wildman–Crippen MR) is 69.8 cm³/mol. The predicted octanol–water partition coefficient (Wildman–Crippen LogP) is 2.26. The number of nitro groups is 1. The van der Waals surface area contributed by atoms with Crippen LogP contribution < -0.4 is 4.90 Å². The zero-order valence-corrected chi connectivity index (χ0v) is 11.2. The summed E-state index contributed by atoms with van der Waals surface area (Å²) >= 11 is 0. The van der Waals surface area contributed by atoms with Gasteiger partial charge in [0.05, 0.1) is 4.92 Å². The van der Waals surface area contributed by atoms with E-state index in [1.807, 2.05) is 0 Å². The summed E-state index contributed by atoms with van der Waals surface area (Å²) in [5.41, 5.74) is 0.658. The molecular weight excluding hydrogens is 232 g/mol. The molecule has 1 aliphatic heterocycles. The minimum absolute atomic E-state index is 0.161. The average molecular weight is 252 g/mol. The van der Waals surface area contributed by atoms with Crippen molar-refractivity contribution in [2.24, 2.45) is 13.0 Å². The first-order chi connectivity index (χ1) is 8.54. The number of nitrogens with zero attached hydrogens (tertiary/aromatic N) is 4. The van der Waals surface area contributed by atoms with Gasteiger partial charge in [0, 0.05) is 20.1 Å². The van der Waals surface area contributed by atoms with Crippen LogP contribution in [0.2, 0.25) is 0 Å². The Labute approximate surface area is 107 Å². The molecule has 6 nitrogen and oxygen atoms in total. The van der Waals surface area contributed by atoms with Crippen LogP contribution in [-0.2, 0) is 7.05 Å². The maximum absolute atomic E-state index is 11.2. The minimum atomic E-state index is -0.312. The fourth-order valence-electron chi connectivity index (χ4n) is 2.79. The van der Waals surface area contributed by atoms with Crippen molar-refractivity contribution in [1.29, 1.82) is 0 Å². The molecule has 0 amide bonds. The molecule has 0 spiro atoms. The number of aryl methyl sites for hydroxylation is 2. The van der Waals surface area contributed by atoms with Crippen LogP contribution in [0.3, 0.4) is 0 Å². The molecule has 0 N–H and O–H groups in total. The Bertz CT molecular complexity index is 455. The topological polar surface area (TPSA) is 64.2 Å². The highest BCUT2D eigenvalue weighted by atomic mass is 16.6. The van der Waals surface area contributed by atoms with Gasteiger partial charge in [0.25, 0.3) is 0 Å². The fourth-order valence-corrected chi connectivity index (χ4v) is 2.79. The van der Waals surface area contributed by atoms with E-state index in [1.54, 1.807) is 18.7 Å². The van der Waals surface area contributed by atoms with Crippen LogP contribution in [0, 0.1) is 23.0 Å². The molecule has 0 aliphatic carbocycles. The third-order valence-corrected chi connectivity index (χ3v) is 3.74. The highest BCUT2D eigenvalue weighted by Crippen LogP contribution is 2.34. The summed E-state index contributed by atoms with van der Waals surface area (Å²) in [6, 6.07) is 0. The highest BCUT2D eigenvalue weighted by molar-refractivity contribution is 5.61. The van der Waals surface area contributed by atoms with E-state index in [2.05, 4.69) is 16.9 Å². The van der Waals surface area contributed by atoms with Crippen LogP contribution in [-0.4, -0.2) is 27.8 Å². The molecule has 0 bridgehead atoms. The Morgan fingerprint density at radius 1 is 1.56 bits per heavy atom. The van der Waals surface area contributed by atoms with Crippen molar-refractivity contribution in [3.05, 3.63) is 15.8 Å². The van der Waals surface area contributed by atoms with Crippen LogP contribution in [0.15, 0.2) is 0 Å². The molecule has 0 aromatic carbocycles. The van der Waals surface area contributed by atoms with Crippen molar-refractivity contribution in [3.63, 3.8) is 0 Å². The quantitative estimate of drug-likeness (QED) is 0.611. The molecule has 1 aromatic rings. The lowest BCUT2D eigenvalue weighted by molar-refractivity contribution is -0.384. The third kappa shape index (κ3) is 2.19. The van der Waals surface area contributed by atoms with Crippen molar-refractivity contribution in [3.8, 4) is 0 Å². The van der Waals surface area contributed by atoms with Gasteiger partial charge in [-0.1, -0.05) is 13.3 Å². The molecule has 1 unspecified atom stereocenters. The fraction of sp³-hybridized carbons (Fsp3) is 0.750. The Morgan fingerprint density at radius 3 is 2.89 bits per heavy atom. The monoisotopic (exact) mass is 252 g/mol. The number of hydrogen-bond acceptors (Lipinski definition) is 4. The Hall–Kier alpha value is -1.59. The van der Waals surface area contributed by atoms with E-state index in [0.29, 0.717) is 17.4 Å². The van der Waals surface area contributed by atoms with Crippen molar-refractivity contribution in [2.45, 2.75) is 33.1 Å². The molecule has 18 heavy (non-hydrogen) atoms. The van der Waals surface area contributed by atoms with Gasteiger partial charge in [-0.3, -0.25) is 10.1 Å². The van der Waals surface area contributed by atoms with Gasteiger partial charge in [-0.15, -0.1) is 0 Å². The maximum atomic E-state index is 11.2. The number of anilines is 1. The number of hydrogen-bond donors (Lipinski definition) is 0. The Balaban J connectivity index is 2.35. The van der Waals surface area contributed by atoms with Crippen LogP contribution in [0.4, 0.5) is 11.5 Å². The number of rotatable bonds is 3. The molecule has 1 fully saturated rings. The lowest BCUT2D eigenvalue weighted by Crippen LogP contribution is -2.36. The lowest BCUT2D eigenvalue weighted by Gasteiger charge is -2.33. The van der Waals surface area contributed by atoms with E-state index >= 15 is 0 Å². The van der Waals surface area contributed by atoms with Crippen molar-refractivity contribution < 1.29 is 4.92 Å².